The summed E-state index contributed by atoms with van der Waals surface area (Å²) in [7, 11) is 0. The van der Waals surface area contributed by atoms with Gasteiger partial charge in [0.25, 0.3) is 0 Å². The molecule has 1 aromatic heterocycles. The molecule has 0 N–H and O–H groups in total. The van der Waals surface area contributed by atoms with Gasteiger partial charge in [-0.3, -0.25) is 0 Å². The van der Waals surface area contributed by atoms with E-state index in [1.807, 2.05) is 0 Å². The molecule has 0 unspecified atom stereocenters. The second-order valence-corrected chi connectivity index (χ2v) is 2.77. The fourth-order valence-corrected chi connectivity index (χ4v) is 1.05. The van der Waals surface area contributed by atoms with Crippen LogP contribution in [0.2, 0.25) is 0 Å². The van der Waals surface area contributed by atoms with Crippen LogP contribution in [-0.4, -0.2) is 15.7 Å². The van der Waals surface area contributed by atoms with Crippen LogP contribution in [-0.2, 0) is 6.54 Å². The number of aryl methyl sites for hydroxylation is 1. The molecule has 6 heteroatoms. The number of halogens is 3. The minimum absolute atomic E-state index is 0.0332. The highest BCUT2D eigenvalue weighted by atomic mass is 19.4. The average Bonchev–Trinajstić information content (AvgIpc) is 2.49. The van der Waals surface area contributed by atoms with Crippen LogP contribution in [0.1, 0.15) is 18.7 Å². The Bertz CT molecular complexity index is 334. The Labute approximate surface area is 78.8 Å². The monoisotopic (exact) mass is 203 g/mol. The zero-order chi connectivity index (χ0) is 10.6. The van der Waals surface area contributed by atoms with Crippen LogP contribution >= 0.6 is 0 Å². The van der Waals surface area contributed by atoms with Crippen LogP contribution in [0.4, 0.5) is 13.2 Å². The highest BCUT2D eigenvalue weighted by Crippen LogP contribution is 2.21. The zero-order valence-corrected chi connectivity index (χ0v) is 7.25. The summed E-state index contributed by atoms with van der Waals surface area (Å²) >= 11 is 0. The number of rotatable bonds is 3. The van der Waals surface area contributed by atoms with E-state index in [2.05, 4.69) is 4.98 Å². The Morgan fingerprint density at radius 2 is 2.21 bits per heavy atom. The summed E-state index contributed by atoms with van der Waals surface area (Å²) in [5.41, 5.74) is 0. The lowest BCUT2D eigenvalue weighted by atomic mass is 10.3. The number of aromatic nitrogens is 2. The quantitative estimate of drug-likeness (QED) is 0.754. The van der Waals surface area contributed by atoms with Crippen molar-refractivity contribution in [2.24, 2.45) is 0 Å². The largest absolute Gasteiger partial charge is 0.389 e. The van der Waals surface area contributed by atoms with E-state index < -0.39 is 12.6 Å². The van der Waals surface area contributed by atoms with E-state index in [4.69, 9.17) is 5.26 Å². The first-order valence-electron chi connectivity index (χ1n) is 4.01. The van der Waals surface area contributed by atoms with E-state index in [0.717, 1.165) is 0 Å². The molecule has 0 bridgehead atoms. The van der Waals surface area contributed by atoms with Crippen molar-refractivity contribution in [2.45, 2.75) is 25.6 Å². The molecule has 1 rings (SSSR count). The molecule has 3 nitrogen and oxygen atoms in total. The van der Waals surface area contributed by atoms with Crippen molar-refractivity contribution in [1.29, 1.82) is 5.26 Å². The maximum Gasteiger partial charge on any atom is 0.389 e. The molecular weight excluding hydrogens is 195 g/mol. The Hall–Kier alpha value is -1.51. The van der Waals surface area contributed by atoms with Gasteiger partial charge in [-0.05, 0) is 6.42 Å². The number of nitrogens with zero attached hydrogens (tertiary/aromatic N) is 3. The van der Waals surface area contributed by atoms with Gasteiger partial charge in [0, 0.05) is 25.4 Å². The predicted molar refractivity (Wildman–Crippen MR) is 42.2 cm³/mol. The van der Waals surface area contributed by atoms with E-state index in [-0.39, 0.29) is 18.8 Å². The molecule has 0 aliphatic carbocycles. The molecule has 0 saturated carbocycles. The normalized spacial score (nSPS) is 11.3. The number of hydrogen-bond donors (Lipinski definition) is 0. The molecule has 0 atom stereocenters. The third kappa shape index (κ3) is 3.09. The Morgan fingerprint density at radius 3 is 2.79 bits per heavy atom. The van der Waals surface area contributed by atoms with Gasteiger partial charge < -0.3 is 4.57 Å². The SMILES string of the molecule is N#Cc1nccn1CCCC(F)(F)F. The minimum atomic E-state index is -4.13. The maximum atomic E-state index is 11.8. The molecular formula is C8H8F3N3. The van der Waals surface area contributed by atoms with Crippen molar-refractivity contribution >= 4 is 0 Å². The molecule has 0 amide bonds. The Balaban J connectivity index is 2.43. The average molecular weight is 203 g/mol. The minimum Gasteiger partial charge on any atom is -0.323 e. The van der Waals surface area contributed by atoms with Crippen LogP contribution in [0, 0.1) is 11.3 Å². The van der Waals surface area contributed by atoms with Crippen molar-refractivity contribution < 1.29 is 13.2 Å². The van der Waals surface area contributed by atoms with Crippen molar-refractivity contribution in [1.82, 2.24) is 9.55 Å². The summed E-state index contributed by atoms with van der Waals surface area (Å²) in [6, 6.07) is 1.79. The number of imidazole rings is 1. The molecule has 0 spiro atoms. The fourth-order valence-electron chi connectivity index (χ4n) is 1.05. The second-order valence-electron chi connectivity index (χ2n) is 2.77. The van der Waals surface area contributed by atoms with Gasteiger partial charge in [-0.15, -0.1) is 0 Å². The van der Waals surface area contributed by atoms with E-state index in [1.165, 1.54) is 17.0 Å². The topological polar surface area (TPSA) is 41.6 Å². The summed E-state index contributed by atoms with van der Waals surface area (Å²) < 4.78 is 36.7. The molecule has 0 aromatic carbocycles. The first-order valence-corrected chi connectivity index (χ1v) is 4.01. The van der Waals surface area contributed by atoms with Crippen LogP contribution < -0.4 is 0 Å². The molecule has 0 aliphatic heterocycles. The first-order chi connectivity index (χ1) is 6.53. The van der Waals surface area contributed by atoms with Gasteiger partial charge in [0.15, 0.2) is 0 Å². The van der Waals surface area contributed by atoms with Crippen LogP contribution in [0.3, 0.4) is 0 Å². The van der Waals surface area contributed by atoms with Crippen LogP contribution in [0.5, 0.6) is 0 Å². The number of hydrogen-bond acceptors (Lipinski definition) is 2. The molecule has 1 aromatic rings. The van der Waals surface area contributed by atoms with Crippen molar-refractivity contribution in [3.8, 4) is 6.07 Å². The highest BCUT2D eigenvalue weighted by molar-refractivity contribution is 5.10. The van der Waals surface area contributed by atoms with Crippen molar-refractivity contribution in [3.05, 3.63) is 18.2 Å². The molecule has 0 fully saturated rings. The van der Waals surface area contributed by atoms with Crippen molar-refractivity contribution in [3.63, 3.8) is 0 Å². The van der Waals surface area contributed by atoms with Gasteiger partial charge in [0.05, 0.1) is 0 Å². The molecule has 0 radical (unpaired) electrons. The third-order valence-corrected chi connectivity index (χ3v) is 1.67. The standard InChI is InChI=1S/C8H8F3N3/c9-8(10,11)2-1-4-14-5-3-13-7(14)6-12/h3,5H,1-2,4H2. The van der Waals surface area contributed by atoms with E-state index >= 15 is 0 Å². The molecule has 0 aliphatic rings. The summed E-state index contributed by atoms with van der Waals surface area (Å²) in [6.07, 6.45) is -2.11. The first kappa shape index (κ1) is 10.6. The van der Waals surface area contributed by atoms with E-state index in [9.17, 15) is 13.2 Å². The Morgan fingerprint density at radius 1 is 1.50 bits per heavy atom. The van der Waals surface area contributed by atoms with Crippen LogP contribution in [0.25, 0.3) is 0 Å². The van der Waals surface area contributed by atoms with Gasteiger partial charge in [-0.25, -0.2) is 4.98 Å². The summed E-state index contributed by atoms with van der Waals surface area (Å²) in [5, 5.41) is 8.51. The molecule has 14 heavy (non-hydrogen) atoms. The Kier molecular flexibility index (Phi) is 3.12. The smallest absolute Gasteiger partial charge is 0.323 e. The summed E-state index contributed by atoms with van der Waals surface area (Å²) in [6.45, 7) is 0.169. The van der Waals surface area contributed by atoms with Gasteiger partial charge in [0.2, 0.25) is 5.82 Å². The summed E-state index contributed by atoms with van der Waals surface area (Å²) in [5.74, 6) is 0.146. The second kappa shape index (κ2) is 4.13. The molecule has 76 valence electrons. The lowest BCUT2D eigenvalue weighted by Crippen LogP contribution is -2.09. The lowest BCUT2D eigenvalue weighted by molar-refractivity contribution is -0.135. The maximum absolute atomic E-state index is 11.8. The number of nitriles is 1. The third-order valence-electron chi connectivity index (χ3n) is 1.67. The summed E-state index contributed by atoms with van der Waals surface area (Å²) in [4.78, 5) is 3.67. The van der Waals surface area contributed by atoms with E-state index in [0.29, 0.717) is 0 Å². The molecule has 1 heterocycles. The van der Waals surface area contributed by atoms with Gasteiger partial charge in [-0.2, -0.15) is 18.4 Å². The fraction of sp³-hybridized carbons (Fsp3) is 0.500. The van der Waals surface area contributed by atoms with Crippen molar-refractivity contribution in [2.75, 3.05) is 0 Å². The lowest BCUT2D eigenvalue weighted by Gasteiger charge is -2.06. The van der Waals surface area contributed by atoms with Gasteiger partial charge >= 0.3 is 6.18 Å². The predicted octanol–water partition coefficient (Wildman–Crippen LogP) is 2.10. The van der Waals surface area contributed by atoms with Gasteiger partial charge in [0.1, 0.15) is 6.07 Å². The zero-order valence-electron chi connectivity index (χ0n) is 7.25. The molecule has 0 saturated heterocycles. The number of alkyl halides is 3. The van der Waals surface area contributed by atoms with Crippen LogP contribution in [0.15, 0.2) is 12.4 Å². The van der Waals surface area contributed by atoms with Gasteiger partial charge in [-0.1, -0.05) is 0 Å². The highest BCUT2D eigenvalue weighted by Gasteiger charge is 2.26. The van der Waals surface area contributed by atoms with E-state index in [1.54, 1.807) is 6.07 Å².